The van der Waals surface area contributed by atoms with Crippen molar-refractivity contribution in [3.05, 3.63) is 65.6 Å². The lowest BCUT2D eigenvalue weighted by atomic mass is 10.2. The number of hydrogen-bond acceptors (Lipinski definition) is 6. The topological polar surface area (TPSA) is 96.7 Å². The van der Waals surface area contributed by atoms with Gasteiger partial charge in [-0.2, -0.15) is 0 Å². The Labute approximate surface area is 196 Å². The van der Waals surface area contributed by atoms with Crippen LogP contribution in [0.15, 0.2) is 59.1 Å². The smallest absolute Gasteiger partial charge is 0.238 e. The summed E-state index contributed by atoms with van der Waals surface area (Å²) in [5, 5.41) is 6.37. The summed E-state index contributed by atoms with van der Waals surface area (Å²) < 4.78 is 11.0. The number of amides is 2. The number of benzene rings is 2. The molecule has 9 heteroatoms. The second-order valence-electron chi connectivity index (χ2n) is 7.69. The molecule has 1 aliphatic rings. The summed E-state index contributed by atoms with van der Waals surface area (Å²) in [6.07, 6.45) is 2.26. The van der Waals surface area contributed by atoms with Gasteiger partial charge in [0.1, 0.15) is 0 Å². The molecular formula is C24H25ClN4O4. The number of anilines is 2. The van der Waals surface area contributed by atoms with Crippen LogP contribution in [0.4, 0.5) is 11.4 Å². The Kier molecular flexibility index (Phi) is 7.72. The molecule has 2 amide bonds. The first-order chi connectivity index (χ1) is 16.0. The van der Waals surface area contributed by atoms with Gasteiger partial charge in [0.05, 0.1) is 26.0 Å². The predicted molar refractivity (Wildman–Crippen MR) is 126 cm³/mol. The fourth-order valence-corrected chi connectivity index (χ4v) is 3.54. The van der Waals surface area contributed by atoms with E-state index in [9.17, 15) is 9.59 Å². The number of carbonyl (C=O) groups excluding carboxylic acids is 2. The van der Waals surface area contributed by atoms with Crippen LogP contribution in [0.1, 0.15) is 12.3 Å². The van der Waals surface area contributed by atoms with E-state index in [1.165, 1.54) is 0 Å². The summed E-state index contributed by atoms with van der Waals surface area (Å²) in [6, 6.07) is 14.3. The highest BCUT2D eigenvalue weighted by Crippen LogP contribution is 2.23. The molecule has 1 saturated heterocycles. The number of halogens is 1. The number of aryl methyl sites for hydroxylation is 1. The molecule has 33 heavy (non-hydrogen) atoms. The third kappa shape index (κ3) is 6.89. The molecule has 0 bridgehead atoms. The van der Waals surface area contributed by atoms with Crippen LogP contribution in [-0.2, 0) is 20.7 Å². The largest absolute Gasteiger partial charge is 0.441 e. The summed E-state index contributed by atoms with van der Waals surface area (Å²) in [5.41, 5.74) is 2.21. The van der Waals surface area contributed by atoms with Crippen molar-refractivity contribution in [3.8, 4) is 11.3 Å². The van der Waals surface area contributed by atoms with Crippen LogP contribution in [0.5, 0.6) is 0 Å². The Morgan fingerprint density at radius 1 is 0.939 bits per heavy atom. The molecule has 2 N–H and O–H groups in total. The third-order valence-electron chi connectivity index (χ3n) is 5.17. The van der Waals surface area contributed by atoms with Crippen LogP contribution in [0.3, 0.4) is 0 Å². The van der Waals surface area contributed by atoms with Gasteiger partial charge in [0, 0.05) is 47.9 Å². The van der Waals surface area contributed by atoms with Crippen LogP contribution < -0.4 is 10.6 Å². The maximum absolute atomic E-state index is 12.3. The maximum atomic E-state index is 12.3. The Hall–Kier alpha value is -3.20. The Balaban J connectivity index is 1.22. The van der Waals surface area contributed by atoms with Gasteiger partial charge >= 0.3 is 0 Å². The number of aromatic nitrogens is 1. The second kappa shape index (κ2) is 11.1. The van der Waals surface area contributed by atoms with Crippen molar-refractivity contribution >= 4 is 34.8 Å². The van der Waals surface area contributed by atoms with Gasteiger partial charge in [-0.15, -0.1) is 0 Å². The molecule has 2 heterocycles. The summed E-state index contributed by atoms with van der Waals surface area (Å²) in [4.78, 5) is 30.8. The summed E-state index contributed by atoms with van der Waals surface area (Å²) in [6.45, 7) is 3.16. The zero-order valence-corrected chi connectivity index (χ0v) is 18.8. The van der Waals surface area contributed by atoms with E-state index in [2.05, 4.69) is 20.5 Å². The molecule has 2 aromatic carbocycles. The highest BCUT2D eigenvalue weighted by Gasteiger charge is 2.14. The fourth-order valence-electron chi connectivity index (χ4n) is 3.42. The standard InChI is InChI=1S/C24H25ClN4O4/c25-18-3-1-17(2-4-18)21-15-26-24(33-21)10-9-22(30)27-19-5-7-20(8-6-19)28-23(31)16-29-11-13-32-14-12-29/h1-8,15H,9-14,16H2,(H,27,30)(H,28,31). The van der Waals surface area contributed by atoms with Gasteiger partial charge in [0.15, 0.2) is 11.7 Å². The molecule has 8 nitrogen and oxygen atoms in total. The first-order valence-corrected chi connectivity index (χ1v) is 11.1. The number of hydrogen-bond donors (Lipinski definition) is 2. The van der Waals surface area contributed by atoms with E-state index < -0.39 is 0 Å². The van der Waals surface area contributed by atoms with E-state index in [0.29, 0.717) is 54.2 Å². The van der Waals surface area contributed by atoms with Crippen molar-refractivity contribution in [2.75, 3.05) is 43.5 Å². The van der Waals surface area contributed by atoms with Gasteiger partial charge in [0.25, 0.3) is 0 Å². The molecule has 1 aliphatic heterocycles. The second-order valence-corrected chi connectivity index (χ2v) is 8.12. The minimum Gasteiger partial charge on any atom is -0.441 e. The highest BCUT2D eigenvalue weighted by atomic mass is 35.5. The van der Waals surface area contributed by atoms with Gasteiger partial charge < -0.3 is 19.8 Å². The van der Waals surface area contributed by atoms with Crippen molar-refractivity contribution in [3.63, 3.8) is 0 Å². The molecule has 0 unspecified atom stereocenters. The van der Waals surface area contributed by atoms with Gasteiger partial charge in [0.2, 0.25) is 11.8 Å². The molecule has 0 aliphatic carbocycles. The Morgan fingerprint density at radius 2 is 1.58 bits per heavy atom. The monoisotopic (exact) mass is 468 g/mol. The Morgan fingerprint density at radius 3 is 2.24 bits per heavy atom. The minimum atomic E-state index is -0.148. The summed E-state index contributed by atoms with van der Waals surface area (Å²) in [5.74, 6) is 0.907. The molecular weight excluding hydrogens is 444 g/mol. The van der Waals surface area contributed by atoms with E-state index in [1.54, 1.807) is 42.6 Å². The van der Waals surface area contributed by atoms with Gasteiger partial charge in [-0.25, -0.2) is 4.98 Å². The lowest BCUT2D eigenvalue weighted by Crippen LogP contribution is -2.41. The first kappa shape index (κ1) is 23.0. The van der Waals surface area contributed by atoms with Crippen molar-refractivity contribution in [1.29, 1.82) is 0 Å². The molecule has 0 radical (unpaired) electrons. The van der Waals surface area contributed by atoms with Crippen molar-refractivity contribution in [2.45, 2.75) is 12.8 Å². The van der Waals surface area contributed by atoms with E-state index >= 15 is 0 Å². The normalized spacial score (nSPS) is 14.1. The van der Waals surface area contributed by atoms with Crippen LogP contribution in [0, 0.1) is 0 Å². The van der Waals surface area contributed by atoms with Crippen molar-refractivity contribution in [2.24, 2.45) is 0 Å². The van der Waals surface area contributed by atoms with Crippen LogP contribution in [-0.4, -0.2) is 54.5 Å². The molecule has 0 atom stereocenters. The zero-order chi connectivity index (χ0) is 23.0. The van der Waals surface area contributed by atoms with Gasteiger partial charge in [-0.1, -0.05) is 11.6 Å². The SMILES string of the molecule is O=C(CCc1ncc(-c2ccc(Cl)cc2)o1)Nc1ccc(NC(=O)CN2CCOCC2)cc1. The number of nitrogens with zero attached hydrogens (tertiary/aromatic N) is 2. The maximum Gasteiger partial charge on any atom is 0.238 e. The minimum absolute atomic E-state index is 0.0717. The Bertz CT molecular complexity index is 1080. The van der Waals surface area contributed by atoms with Gasteiger partial charge in [-0.3, -0.25) is 14.5 Å². The summed E-state index contributed by atoms with van der Waals surface area (Å²) in [7, 11) is 0. The molecule has 0 spiro atoms. The van der Waals surface area contributed by atoms with E-state index in [1.807, 2.05) is 12.1 Å². The van der Waals surface area contributed by atoms with E-state index in [0.717, 1.165) is 18.7 Å². The molecule has 1 aromatic heterocycles. The van der Waals surface area contributed by atoms with Crippen LogP contribution in [0.2, 0.25) is 5.02 Å². The number of morpholine rings is 1. The average molecular weight is 469 g/mol. The van der Waals surface area contributed by atoms with Crippen LogP contribution >= 0.6 is 11.6 Å². The molecule has 0 saturated carbocycles. The average Bonchev–Trinajstić information content (AvgIpc) is 3.29. The predicted octanol–water partition coefficient (Wildman–Crippen LogP) is 3.84. The highest BCUT2D eigenvalue weighted by molar-refractivity contribution is 6.30. The lowest BCUT2D eigenvalue weighted by Gasteiger charge is -2.25. The van der Waals surface area contributed by atoms with Crippen molar-refractivity contribution in [1.82, 2.24) is 9.88 Å². The molecule has 3 aromatic rings. The fraction of sp³-hybridized carbons (Fsp3) is 0.292. The first-order valence-electron chi connectivity index (χ1n) is 10.8. The van der Waals surface area contributed by atoms with Crippen molar-refractivity contribution < 1.29 is 18.7 Å². The number of carbonyl (C=O) groups is 2. The van der Waals surface area contributed by atoms with E-state index in [4.69, 9.17) is 20.8 Å². The van der Waals surface area contributed by atoms with Crippen LogP contribution in [0.25, 0.3) is 11.3 Å². The molecule has 4 rings (SSSR count). The third-order valence-corrected chi connectivity index (χ3v) is 5.42. The number of oxazole rings is 1. The zero-order valence-electron chi connectivity index (χ0n) is 18.1. The van der Waals surface area contributed by atoms with Gasteiger partial charge in [-0.05, 0) is 48.5 Å². The molecule has 172 valence electrons. The lowest BCUT2D eigenvalue weighted by molar-refractivity contribution is -0.118. The quantitative estimate of drug-likeness (QED) is 0.521. The summed E-state index contributed by atoms with van der Waals surface area (Å²) >= 11 is 5.91. The molecule has 1 fully saturated rings. The number of nitrogens with one attached hydrogen (secondary N) is 2. The number of ether oxygens (including phenoxy) is 1. The van der Waals surface area contributed by atoms with E-state index in [-0.39, 0.29) is 18.2 Å². The number of rotatable bonds is 8.